The van der Waals surface area contributed by atoms with Crippen LogP contribution in [0.1, 0.15) is 29.5 Å². The maximum Gasteiger partial charge on any atom is 0.331 e. The molecule has 1 saturated heterocycles. The molecule has 0 aliphatic carbocycles. The summed E-state index contributed by atoms with van der Waals surface area (Å²) >= 11 is 1.64. The van der Waals surface area contributed by atoms with Gasteiger partial charge in [0.15, 0.2) is 0 Å². The normalized spacial score (nSPS) is 17.9. The maximum atomic E-state index is 12.6. The zero-order valence-electron chi connectivity index (χ0n) is 13.8. The lowest BCUT2D eigenvalue weighted by molar-refractivity contribution is -0.133. The van der Waals surface area contributed by atoms with Crippen molar-refractivity contribution in [3.05, 3.63) is 49.2 Å². The number of aromatic nitrogens is 3. The number of hydrogen-bond acceptors (Lipinski definition) is 5. The summed E-state index contributed by atoms with van der Waals surface area (Å²) < 4.78 is 2.28. The standard InChI is InChI=1S/C16H20N4O3S/c1-11-10-24-15(17-11)12-4-3-6-19(8-12)14(22)9-20-7-5-13(21)18(2)16(20)23/h5,7,10,12H,3-4,6,8-9H2,1-2H3/t12-/m1/s1. The Balaban J connectivity index is 1.72. The van der Waals surface area contributed by atoms with Crippen LogP contribution in [-0.2, 0) is 18.4 Å². The average Bonchev–Trinajstić information content (AvgIpc) is 3.02. The molecular weight excluding hydrogens is 328 g/mol. The highest BCUT2D eigenvalue weighted by Gasteiger charge is 2.26. The second kappa shape index (κ2) is 6.72. The van der Waals surface area contributed by atoms with E-state index in [2.05, 4.69) is 4.98 Å². The molecule has 1 atom stereocenters. The van der Waals surface area contributed by atoms with Crippen molar-refractivity contribution >= 4 is 17.2 Å². The molecule has 0 bridgehead atoms. The van der Waals surface area contributed by atoms with Gasteiger partial charge in [-0.2, -0.15) is 0 Å². The number of carbonyl (C=O) groups excluding carboxylic acids is 1. The molecule has 0 unspecified atom stereocenters. The number of piperidine rings is 1. The molecule has 0 spiro atoms. The number of rotatable bonds is 3. The summed E-state index contributed by atoms with van der Waals surface area (Å²) in [4.78, 5) is 42.4. The summed E-state index contributed by atoms with van der Waals surface area (Å²) in [6.45, 7) is 3.25. The average molecular weight is 348 g/mol. The van der Waals surface area contributed by atoms with Crippen LogP contribution in [0, 0.1) is 6.92 Å². The smallest absolute Gasteiger partial charge is 0.331 e. The number of amides is 1. The fourth-order valence-electron chi connectivity index (χ4n) is 2.95. The predicted octanol–water partition coefficient (Wildman–Crippen LogP) is 0.718. The summed E-state index contributed by atoms with van der Waals surface area (Å²) in [5, 5.41) is 3.10. The van der Waals surface area contributed by atoms with Crippen molar-refractivity contribution in [3.63, 3.8) is 0 Å². The zero-order chi connectivity index (χ0) is 17.3. The molecule has 128 valence electrons. The highest BCUT2D eigenvalue weighted by Crippen LogP contribution is 2.29. The molecule has 1 aliphatic heterocycles. The lowest BCUT2D eigenvalue weighted by atomic mass is 9.98. The second-order valence-electron chi connectivity index (χ2n) is 6.13. The van der Waals surface area contributed by atoms with Gasteiger partial charge in [-0.3, -0.25) is 18.7 Å². The highest BCUT2D eigenvalue weighted by molar-refractivity contribution is 7.09. The van der Waals surface area contributed by atoms with E-state index in [1.54, 1.807) is 16.2 Å². The molecule has 3 rings (SSSR count). The summed E-state index contributed by atoms with van der Waals surface area (Å²) in [6, 6.07) is 1.30. The number of likely N-dealkylation sites (tertiary alicyclic amines) is 1. The third-order valence-corrected chi connectivity index (χ3v) is 5.45. The second-order valence-corrected chi connectivity index (χ2v) is 7.02. The van der Waals surface area contributed by atoms with Gasteiger partial charge in [-0.15, -0.1) is 11.3 Å². The Hall–Kier alpha value is -2.22. The van der Waals surface area contributed by atoms with Gasteiger partial charge in [0, 0.05) is 49.4 Å². The van der Waals surface area contributed by atoms with Gasteiger partial charge in [0.2, 0.25) is 5.91 Å². The number of carbonyl (C=O) groups is 1. The van der Waals surface area contributed by atoms with Gasteiger partial charge in [0.1, 0.15) is 6.54 Å². The van der Waals surface area contributed by atoms with Crippen LogP contribution >= 0.6 is 11.3 Å². The molecule has 1 aliphatic rings. The molecule has 0 radical (unpaired) electrons. The van der Waals surface area contributed by atoms with Crippen molar-refractivity contribution in [1.82, 2.24) is 19.0 Å². The summed E-state index contributed by atoms with van der Waals surface area (Å²) in [5.41, 5.74) is 0.163. The Morgan fingerprint density at radius 3 is 2.92 bits per heavy atom. The number of aryl methyl sites for hydroxylation is 1. The molecule has 2 aromatic rings. The van der Waals surface area contributed by atoms with E-state index >= 15 is 0 Å². The first-order valence-electron chi connectivity index (χ1n) is 7.92. The predicted molar refractivity (Wildman–Crippen MR) is 91.3 cm³/mol. The van der Waals surface area contributed by atoms with E-state index in [9.17, 15) is 14.4 Å². The molecule has 0 N–H and O–H groups in total. The summed E-state index contributed by atoms with van der Waals surface area (Å²) in [6.07, 6.45) is 3.34. The molecule has 7 nitrogen and oxygen atoms in total. The van der Waals surface area contributed by atoms with Crippen molar-refractivity contribution in [1.29, 1.82) is 0 Å². The zero-order valence-corrected chi connectivity index (χ0v) is 14.6. The monoisotopic (exact) mass is 348 g/mol. The maximum absolute atomic E-state index is 12.6. The van der Waals surface area contributed by atoms with Gasteiger partial charge in [-0.1, -0.05) is 0 Å². The molecule has 8 heteroatoms. The lowest BCUT2D eigenvalue weighted by Gasteiger charge is -2.32. The molecule has 2 aromatic heterocycles. The van der Waals surface area contributed by atoms with E-state index in [1.165, 1.54) is 23.9 Å². The van der Waals surface area contributed by atoms with Crippen LogP contribution in [0.4, 0.5) is 0 Å². The first-order valence-corrected chi connectivity index (χ1v) is 8.80. The Bertz CT molecular complexity index is 867. The van der Waals surface area contributed by atoms with E-state index < -0.39 is 5.69 Å². The van der Waals surface area contributed by atoms with Gasteiger partial charge < -0.3 is 4.90 Å². The molecule has 3 heterocycles. The fourth-order valence-corrected chi connectivity index (χ4v) is 3.87. The minimum atomic E-state index is -0.472. The minimum absolute atomic E-state index is 0.0451. The molecule has 1 amide bonds. The topological polar surface area (TPSA) is 77.2 Å². The van der Waals surface area contributed by atoms with Gasteiger partial charge >= 0.3 is 5.69 Å². The van der Waals surface area contributed by atoms with E-state index in [1.807, 2.05) is 12.3 Å². The largest absolute Gasteiger partial charge is 0.340 e. The Kier molecular flexibility index (Phi) is 4.66. The van der Waals surface area contributed by atoms with Gasteiger partial charge in [-0.25, -0.2) is 9.78 Å². The van der Waals surface area contributed by atoms with Crippen LogP contribution in [-0.4, -0.2) is 38.0 Å². The van der Waals surface area contributed by atoms with Crippen molar-refractivity contribution in [2.75, 3.05) is 13.1 Å². The van der Waals surface area contributed by atoms with Crippen LogP contribution in [0.3, 0.4) is 0 Å². The Morgan fingerprint density at radius 1 is 1.42 bits per heavy atom. The number of nitrogens with zero attached hydrogens (tertiary/aromatic N) is 4. The molecule has 0 saturated carbocycles. The first kappa shape index (κ1) is 16.6. The van der Waals surface area contributed by atoms with E-state index in [-0.39, 0.29) is 23.9 Å². The molecular formula is C16H20N4O3S. The molecule has 0 aromatic carbocycles. The van der Waals surface area contributed by atoms with E-state index in [4.69, 9.17) is 0 Å². The third kappa shape index (κ3) is 3.33. The van der Waals surface area contributed by atoms with Gasteiger partial charge in [0.05, 0.1) is 5.01 Å². The SMILES string of the molecule is Cc1csc([C@@H]2CCCN(C(=O)Cn3ccc(=O)n(C)c3=O)C2)n1. The minimum Gasteiger partial charge on any atom is -0.340 e. The van der Waals surface area contributed by atoms with Crippen molar-refractivity contribution in [3.8, 4) is 0 Å². The number of hydrogen-bond donors (Lipinski definition) is 0. The molecule has 24 heavy (non-hydrogen) atoms. The summed E-state index contributed by atoms with van der Waals surface area (Å²) in [7, 11) is 1.41. The quantitative estimate of drug-likeness (QED) is 0.819. The van der Waals surface area contributed by atoms with Crippen LogP contribution in [0.15, 0.2) is 27.2 Å². The highest BCUT2D eigenvalue weighted by atomic mass is 32.1. The van der Waals surface area contributed by atoms with Crippen LogP contribution in [0.2, 0.25) is 0 Å². The van der Waals surface area contributed by atoms with E-state index in [0.717, 1.165) is 28.1 Å². The van der Waals surface area contributed by atoms with E-state index in [0.29, 0.717) is 13.1 Å². The third-order valence-electron chi connectivity index (χ3n) is 4.33. The van der Waals surface area contributed by atoms with Crippen LogP contribution < -0.4 is 11.2 Å². The Morgan fingerprint density at radius 2 is 2.21 bits per heavy atom. The van der Waals surface area contributed by atoms with Crippen molar-refractivity contribution < 1.29 is 4.79 Å². The van der Waals surface area contributed by atoms with Gasteiger partial charge in [-0.05, 0) is 19.8 Å². The number of thiazole rings is 1. The van der Waals surface area contributed by atoms with Crippen molar-refractivity contribution in [2.24, 2.45) is 7.05 Å². The summed E-state index contributed by atoms with van der Waals surface area (Å²) in [5.74, 6) is 0.159. The molecule has 1 fully saturated rings. The van der Waals surface area contributed by atoms with Gasteiger partial charge in [0.25, 0.3) is 5.56 Å². The Labute approximate surface area is 143 Å². The van der Waals surface area contributed by atoms with Crippen LogP contribution in [0.25, 0.3) is 0 Å². The lowest BCUT2D eigenvalue weighted by Crippen LogP contribution is -2.44. The van der Waals surface area contributed by atoms with Crippen LogP contribution in [0.5, 0.6) is 0 Å². The fraction of sp³-hybridized carbons (Fsp3) is 0.500. The van der Waals surface area contributed by atoms with Crippen molar-refractivity contribution in [2.45, 2.75) is 32.2 Å². The first-order chi connectivity index (χ1) is 11.5.